The van der Waals surface area contributed by atoms with Crippen molar-refractivity contribution < 1.29 is 17.9 Å². The third-order valence-corrected chi connectivity index (χ3v) is 7.49. The fourth-order valence-electron chi connectivity index (χ4n) is 2.89. The number of hydrogen-bond acceptors (Lipinski definition) is 4. The molecule has 0 atom stereocenters. The van der Waals surface area contributed by atoms with E-state index < -0.39 is 22.5 Å². The molecule has 0 aliphatic carbocycles. The van der Waals surface area contributed by atoms with Crippen molar-refractivity contribution >= 4 is 53.5 Å². The van der Waals surface area contributed by atoms with Gasteiger partial charge in [-0.05, 0) is 77.3 Å². The van der Waals surface area contributed by atoms with E-state index in [-0.39, 0.29) is 10.6 Å². The molecule has 0 bridgehead atoms. The summed E-state index contributed by atoms with van der Waals surface area (Å²) >= 11 is 6.74. The van der Waals surface area contributed by atoms with Crippen molar-refractivity contribution in [3.8, 4) is 5.75 Å². The standard InChI is InChI=1S/C23H21Br2NO4S/c1-3-17-6-9-19(10-7-17)26(31(28,29)20-11-4-16(2)5-12-20)23(27)15-30-22-13-8-18(24)14-21(22)25/h4-14H,3,15H2,1-2H3. The van der Waals surface area contributed by atoms with Gasteiger partial charge in [0.15, 0.2) is 6.61 Å². The van der Waals surface area contributed by atoms with Gasteiger partial charge in [-0.3, -0.25) is 4.79 Å². The molecule has 0 spiro atoms. The van der Waals surface area contributed by atoms with Crippen LogP contribution in [0.25, 0.3) is 0 Å². The van der Waals surface area contributed by atoms with E-state index in [9.17, 15) is 13.2 Å². The zero-order chi connectivity index (χ0) is 22.6. The highest BCUT2D eigenvalue weighted by molar-refractivity contribution is 9.11. The molecule has 1 amide bonds. The van der Waals surface area contributed by atoms with Crippen LogP contribution in [0.4, 0.5) is 5.69 Å². The molecule has 3 rings (SSSR count). The fourth-order valence-corrected chi connectivity index (χ4v) is 5.46. The lowest BCUT2D eigenvalue weighted by Gasteiger charge is -2.23. The number of rotatable bonds is 7. The van der Waals surface area contributed by atoms with Gasteiger partial charge in [0, 0.05) is 4.47 Å². The number of hydrogen-bond donors (Lipinski definition) is 0. The van der Waals surface area contributed by atoms with Crippen LogP contribution in [0, 0.1) is 6.92 Å². The maximum Gasteiger partial charge on any atom is 0.278 e. The van der Waals surface area contributed by atoms with Crippen molar-refractivity contribution in [2.24, 2.45) is 0 Å². The van der Waals surface area contributed by atoms with Crippen molar-refractivity contribution in [3.05, 3.63) is 86.8 Å². The van der Waals surface area contributed by atoms with E-state index in [1.54, 1.807) is 42.5 Å². The lowest BCUT2D eigenvalue weighted by Crippen LogP contribution is -2.40. The van der Waals surface area contributed by atoms with Gasteiger partial charge in [0.2, 0.25) is 0 Å². The molecular weight excluding hydrogens is 546 g/mol. The summed E-state index contributed by atoms with van der Waals surface area (Å²) < 4.78 is 34.7. The van der Waals surface area contributed by atoms with E-state index in [4.69, 9.17) is 4.74 Å². The van der Waals surface area contributed by atoms with Crippen LogP contribution < -0.4 is 9.04 Å². The van der Waals surface area contributed by atoms with Gasteiger partial charge in [-0.2, -0.15) is 4.31 Å². The predicted octanol–water partition coefficient (Wildman–Crippen LogP) is 5.88. The van der Waals surface area contributed by atoms with Crippen molar-refractivity contribution in [2.75, 3.05) is 10.9 Å². The van der Waals surface area contributed by atoms with Crippen molar-refractivity contribution in [2.45, 2.75) is 25.2 Å². The van der Waals surface area contributed by atoms with Crippen LogP contribution in [-0.4, -0.2) is 20.9 Å². The monoisotopic (exact) mass is 565 g/mol. The third-order valence-electron chi connectivity index (χ3n) is 4.61. The Hall–Kier alpha value is -2.16. The molecule has 0 heterocycles. The number of ether oxygens (including phenoxy) is 1. The van der Waals surface area contributed by atoms with Crippen LogP contribution in [0.15, 0.2) is 80.6 Å². The topological polar surface area (TPSA) is 63.7 Å². The highest BCUT2D eigenvalue weighted by Gasteiger charge is 2.31. The number of carbonyl (C=O) groups excluding carboxylic acids is 1. The largest absolute Gasteiger partial charge is 0.483 e. The number of aryl methyl sites for hydroxylation is 2. The Labute approximate surface area is 199 Å². The normalized spacial score (nSPS) is 11.2. The van der Waals surface area contributed by atoms with Gasteiger partial charge in [-0.25, -0.2) is 8.42 Å². The number of benzene rings is 3. The van der Waals surface area contributed by atoms with Gasteiger partial charge < -0.3 is 4.74 Å². The lowest BCUT2D eigenvalue weighted by atomic mass is 10.1. The van der Waals surface area contributed by atoms with E-state index in [0.717, 1.165) is 26.3 Å². The van der Waals surface area contributed by atoms with Crippen LogP contribution >= 0.6 is 31.9 Å². The maximum absolute atomic E-state index is 13.4. The predicted molar refractivity (Wildman–Crippen MR) is 129 cm³/mol. The second kappa shape index (κ2) is 9.97. The van der Waals surface area contributed by atoms with Gasteiger partial charge in [0.25, 0.3) is 15.9 Å². The SMILES string of the molecule is CCc1ccc(N(C(=O)COc2ccc(Br)cc2Br)S(=O)(=O)c2ccc(C)cc2)cc1. The average Bonchev–Trinajstić information content (AvgIpc) is 2.74. The minimum atomic E-state index is -4.13. The third kappa shape index (κ3) is 5.56. The highest BCUT2D eigenvalue weighted by Crippen LogP contribution is 2.29. The number of sulfonamides is 1. The molecule has 0 aliphatic heterocycles. The number of carbonyl (C=O) groups is 1. The van der Waals surface area contributed by atoms with Crippen molar-refractivity contribution in [1.82, 2.24) is 0 Å². The molecule has 3 aromatic carbocycles. The van der Waals surface area contributed by atoms with E-state index in [1.165, 1.54) is 12.1 Å². The summed E-state index contributed by atoms with van der Waals surface area (Å²) in [5.41, 5.74) is 2.23. The minimum absolute atomic E-state index is 0.0378. The molecule has 0 unspecified atom stereocenters. The number of halogens is 2. The van der Waals surface area contributed by atoms with Crippen LogP contribution in [0.3, 0.4) is 0 Å². The van der Waals surface area contributed by atoms with Gasteiger partial charge in [0.1, 0.15) is 5.75 Å². The van der Waals surface area contributed by atoms with Crippen LogP contribution in [-0.2, 0) is 21.2 Å². The quantitative estimate of drug-likeness (QED) is 0.358. The molecule has 3 aromatic rings. The molecule has 0 fully saturated rings. The first-order chi connectivity index (χ1) is 14.7. The smallest absolute Gasteiger partial charge is 0.278 e. The van der Waals surface area contributed by atoms with Crippen LogP contribution in [0.1, 0.15) is 18.1 Å². The van der Waals surface area contributed by atoms with E-state index >= 15 is 0 Å². The zero-order valence-corrected chi connectivity index (χ0v) is 21.0. The summed E-state index contributed by atoms with van der Waals surface area (Å²) in [6, 6.07) is 18.5. The molecule has 5 nitrogen and oxygen atoms in total. The molecule has 0 N–H and O–H groups in total. The number of anilines is 1. The molecule has 31 heavy (non-hydrogen) atoms. The molecule has 0 saturated heterocycles. The van der Waals surface area contributed by atoms with Crippen LogP contribution in [0.5, 0.6) is 5.75 Å². The molecule has 8 heteroatoms. The van der Waals surface area contributed by atoms with Gasteiger partial charge in [0.05, 0.1) is 15.1 Å². The first-order valence-electron chi connectivity index (χ1n) is 9.54. The van der Waals surface area contributed by atoms with E-state index in [0.29, 0.717) is 10.2 Å². The maximum atomic E-state index is 13.4. The van der Waals surface area contributed by atoms with E-state index in [1.807, 2.05) is 26.0 Å². The molecule has 0 aromatic heterocycles. The lowest BCUT2D eigenvalue weighted by molar-refractivity contribution is -0.119. The fraction of sp³-hybridized carbons (Fsp3) is 0.174. The van der Waals surface area contributed by atoms with Crippen molar-refractivity contribution in [1.29, 1.82) is 0 Å². The summed E-state index contributed by atoms with van der Waals surface area (Å²) in [5.74, 6) is -0.259. The minimum Gasteiger partial charge on any atom is -0.483 e. The number of nitrogens with zero attached hydrogens (tertiary/aromatic N) is 1. The summed E-state index contributed by atoms with van der Waals surface area (Å²) in [6.07, 6.45) is 0.805. The first-order valence-corrected chi connectivity index (χ1v) is 12.6. The van der Waals surface area contributed by atoms with Gasteiger partial charge in [-0.15, -0.1) is 0 Å². The Morgan fingerprint density at radius 3 is 2.19 bits per heavy atom. The Bertz CT molecular complexity index is 1180. The Morgan fingerprint density at radius 1 is 0.968 bits per heavy atom. The Balaban J connectivity index is 1.96. The van der Waals surface area contributed by atoms with Crippen LogP contribution in [0.2, 0.25) is 0 Å². The van der Waals surface area contributed by atoms with E-state index in [2.05, 4.69) is 31.9 Å². The number of amides is 1. The molecule has 0 aliphatic rings. The van der Waals surface area contributed by atoms with Crippen molar-refractivity contribution in [3.63, 3.8) is 0 Å². The molecule has 0 saturated carbocycles. The van der Waals surface area contributed by atoms with Gasteiger partial charge in [-0.1, -0.05) is 52.7 Å². The summed E-state index contributed by atoms with van der Waals surface area (Å²) in [7, 11) is -4.13. The summed E-state index contributed by atoms with van der Waals surface area (Å²) in [6.45, 7) is 3.43. The zero-order valence-electron chi connectivity index (χ0n) is 17.0. The average molecular weight is 567 g/mol. The summed E-state index contributed by atoms with van der Waals surface area (Å²) in [5, 5.41) is 0. The highest BCUT2D eigenvalue weighted by atomic mass is 79.9. The Morgan fingerprint density at radius 2 is 1.61 bits per heavy atom. The van der Waals surface area contributed by atoms with Gasteiger partial charge >= 0.3 is 0 Å². The Kier molecular flexibility index (Phi) is 7.56. The second-order valence-corrected chi connectivity index (χ2v) is 10.4. The second-order valence-electron chi connectivity index (χ2n) is 6.86. The first kappa shape index (κ1) is 23.5. The molecule has 0 radical (unpaired) electrons. The summed E-state index contributed by atoms with van der Waals surface area (Å²) in [4.78, 5) is 13.2. The molecular formula is C23H21Br2NO4S. The molecule has 162 valence electrons.